The normalized spacial score (nSPS) is 33.9. The molecule has 0 unspecified atom stereocenters. The van der Waals surface area contributed by atoms with Crippen molar-refractivity contribution < 1.29 is 14.3 Å². The first-order valence-corrected chi connectivity index (χ1v) is 4.98. The lowest BCUT2D eigenvalue weighted by molar-refractivity contribution is -0.153. The van der Waals surface area contributed by atoms with Crippen molar-refractivity contribution in [2.45, 2.75) is 11.9 Å². The SMILES string of the molecule is O=C1NCCO[C@@]12O[C@H]2c1ccccc1. The van der Waals surface area contributed by atoms with Crippen molar-refractivity contribution in [2.75, 3.05) is 13.2 Å². The lowest BCUT2D eigenvalue weighted by Gasteiger charge is -2.19. The minimum absolute atomic E-state index is 0.164. The number of amides is 1. The number of morpholine rings is 1. The van der Waals surface area contributed by atoms with Crippen LogP contribution >= 0.6 is 0 Å². The van der Waals surface area contributed by atoms with Crippen LogP contribution in [0.15, 0.2) is 30.3 Å². The summed E-state index contributed by atoms with van der Waals surface area (Å²) in [6.07, 6.45) is -0.251. The zero-order valence-corrected chi connectivity index (χ0v) is 8.10. The first-order chi connectivity index (χ1) is 7.33. The molecule has 15 heavy (non-hydrogen) atoms. The molecule has 0 aromatic heterocycles. The fourth-order valence-electron chi connectivity index (χ4n) is 1.89. The predicted molar refractivity (Wildman–Crippen MR) is 52.0 cm³/mol. The van der Waals surface area contributed by atoms with E-state index in [1.807, 2.05) is 30.3 Å². The monoisotopic (exact) mass is 205 g/mol. The molecule has 1 spiro atoms. The Morgan fingerprint density at radius 1 is 1.33 bits per heavy atom. The topological polar surface area (TPSA) is 50.9 Å². The van der Waals surface area contributed by atoms with Gasteiger partial charge in [-0.15, -0.1) is 0 Å². The molecule has 4 heteroatoms. The number of carbonyl (C=O) groups excluding carboxylic acids is 1. The molecule has 1 aromatic rings. The van der Waals surface area contributed by atoms with Crippen molar-refractivity contribution in [3.63, 3.8) is 0 Å². The third-order valence-electron chi connectivity index (χ3n) is 2.70. The van der Waals surface area contributed by atoms with Crippen LogP contribution in [0.4, 0.5) is 0 Å². The van der Waals surface area contributed by atoms with Gasteiger partial charge in [-0.2, -0.15) is 0 Å². The van der Waals surface area contributed by atoms with Gasteiger partial charge >= 0.3 is 0 Å². The van der Waals surface area contributed by atoms with Gasteiger partial charge < -0.3 is 14.8 Å². The van der Waals surface area contributed by atoms with Crippen LogP contribution in [-0.4, -0.2) is 24.8 Å². The second-order valence-electron chi connectivity index (χ2n) is 3.68. The Morgan fingerprint density at radius 2 is 2.13 bits per heavy atom. The van der Waals surface area contributed by atoms with Crippen LogP contribution in [0.3, 0.4) is 0 Å². The Kier molecular flexibility index (Phi) is 1.81. The lowest BCUT2D eigenvalue weighted by atomic mass is 10.1. The second kappa shape index (κ2) is 3.05. The first-order valence-electron chi connectivity index (χ1n) is 4.98. The van der Waals surface area contributed by atoms with Crippen LogP contribution in [-0.2, 0) is 14.3 Å². The molecular weight excluding hydrogens is 194 g/mol. The molecule has 1 amide bonds. The highest BCUT2D eigenvalue weighted by Crippen LogP contribution is 2.51. The van der Waals surface area contributed by atoms with E-state index < -0.39 is 5.79 Å². The van der Waals surface area contributed by atoms with Gasteiger partial charge in [0, 0.05) is 6.54 Å². The number of nitrogens with one attached hydrogen (secondary N) is 1. The Bertz CT molecular complexity index is 392. The van der Waals surface area contributed by atoms with Crippen LogP contribution in [0.25, 0.3) is 0 Å². The van der Waals surface area contributed by atoms with E-state index in [4.69, 9.17) is 9.47 Å². The van der Waals surface area contributed by atoms with E-state index >= 15 is 0 Å². The molecular formula is C11H11NO3. The van der Waals surface area contributed by atoms with Crippen molar-refractivity contribution in [2.24, 2.45) is 0 Å². The van der Waals surface area contributed by atoms with E-state index in [2.05, 4.69) is 5.32 Å². The molecule has 2 fully saturated rings. The second-order valence-corrected chi connectivity index (χ2v) is 3.68. The number of benzene rings is 1. The molecule has 4 nitrogen and oxygen atoms in total. The number of carbonyl (C=O) groups is 1. The summed E-state index contributed by atoms with van der Waals surface area (Å²) in [6.45, 7) is 1.07. The molecule has 2 aliphatic rings. The van der Waals surface area contributed by atoms with Gasteiger partial charge in [0.15, 0.2) is 6.10 Å². The minimum atomic E-state index is -1.04. The van der Waals surface area contributed by atoms with Crippen molar-refractivity contribution in [1.29, 1.82) is 0 Å². The molecule has 0 aliphatic carbocycles. The molecule has 0 saturated carbocycles. The van der Waals surface area contributed by atoms with Crippen LogP contribution in [0.5, 0.6) is 0 Å². The Hall–Kier alpha value is -1.39. The molecule has 3 rings (SSSR count). The zero-order chi connectivity index (χ0) is 10.3. The van der Waals surface area contributed by atoms with Gasteiger partial charge in [0.2, 0.25) is 0 Å². The number of hydrogen-bond donors (Lipinski definition) is 1. The van der Waals surface area contributed by atoms with Crippen molar-refractivity contribution in [1.82, 2.24) is 5.32 Å². The average molecular weight is 205 g/mol. The molecule has 2 saturated heterocycles. The molecule has 1 N–H and O–H groups in total. The fraction of sp³-hybridized carbons (Fsp3) is 0.364. The van der Waals surface area contributed by atoms with Gasteiger partial charge in [0.25, 0.3) is 11.7 Å². The number of epoxide rings is 1. The summed E-state index contributed by atoms with van der Waals surface area (Å²) < 4.78 is 10.8. The number of hydrogen-bond acceptors (Lipinski definition) is 3. The Labute approximate surface area is 87.2 Å². The molecule has 2 aliphatic heterocycles. The summed E-state index contributed by atoms with van der Waals surface area (Å²) in [5.74, 6) is -1.21. The smallest absolute Gasteiger partial charge is 0.283 e. The maximum absolute atomic E-state index is 11.6. The largest absolute Gasteiger partial charge is 0.349 e. The van der Waals surface area contributed by atoms with Gasteiger partial charge in [-0.3, -0.25) is 4.79 Å². The van der Waals surface area contributed by atoms with Crippen molar-refractivity contribution in [3.05, 3.63) is 35.9 Å². The highest BCUT2D eigenvalue weighted by molar-refractivity contribution is 5.87. The summed E-state index contributed by atoms with van der Waals surface area (Å²) >= 11 is 0. The summed E-state index contributed by atoms with van der Waals surface area (Å²) in [4.78, 5) is 11.6. The maximum atomic E-state index is 11.6. The summed E-state index contributed by atoms with van der Waals surface area (Å²) in [7, 11) is 0. The third-order valence-corrected chi connectivity index (χ3v) is 2.70. The van der Waals surface area contributed by atoms with E-state index in [-0.39, 0.29) is 12.0 Å². The summed E-state index contributed by atoms with van der Waals surface area (Å²) in [6, 6.07) is 9.65. The average Bonchev–Trinajstić information content (AvgIpc) is 3.00. The molecule has 0 bridgehead atoms. The van der Waals surface area contributed by atoms with Crippen molar-refractivity contribution >= 4 is 5.91 Å². The quantitative estimate of drug-likeness (QED) is 0.683. The van der Waals surface area contributed by atoms with Gasteiger partial charge in [-0.25, -0.2) is 0 Å². The van der Waals surface area contributed by atoms with E-state index in [1.54, 1.807) is 0 Å². The highest BCUT2D eigenvalue weighted by atomic mass is 16.8. The van der Waals surface area contributed by atoms with E-state index in [1.165, 1.54) is 0 Å². The number of ether oxygens (including phenoxy) is 2. The van der Waals surface area contributed by atoms with Gasteiger partial charge in [-0.05, 0) is 5.56 Å². The van der Waals surface area contributed by atoms with Gasteiger partial charge in [0.1, 0.15) is 0 Å². The lowest BCUT2D eigenvalue weighted by Crippen LogP contribution is -2.47. The highest BCUT2D eigenvalue weighted by Gasteiger charge is 2.66. The van der Waals surface area contributed by atoms with E-state index in [9.17, 15) is 4.79 Å². The number of rotatable bonds is 1. The molecule has 2 atom stereocenters. The van der Waals surface area contributed by atoms with Crippen molar-refractivity contribution in [3.8, 4) is 0 Å². The van der Waals surface area contributed by atoms with Crippen LogP contribution in [0, 0.1) is 0 Å². The van der Waals surface area contributed by atoms with E-state index in [0.29, 0.717) is 13.2 Å². The van der Waals surface area contributed by atoms with Gasteiger partial charge in [-0.1, -0.05) is 30.3 Å². The molecule has 1 aromatic carbocycles. The molecule has 0 radical (unpaired) electrons. The maximum Gasteiger partial charge on any atom is 0.283 e. The zero-order valence-electron chi connectivity index (χ0n) is 8.10. The Balaban J connectivity index is 1.85. The molecule has 2 heterocycles. The van der Waals surface area contributed by atoms with E-state index in [0.717, 1.165) is 5.56 Å². The fourth-order valence-corrected chi connectivity index (χ4v) is 1.89. The van der Waals surface area contributed by atoms with Gasteiger partial charge in [0.05, 0.1) is 6.61 Å². The first kappa shape index (κ1) is 8.88. The predicted octanol–water partition coefficient (Wildman–Crippen LogP) is 0.601. The molecule has 78 valence electrons. The standard InChI is InChI=1S/C11H11NO3/c13-10-11(14-7-6-12-10)9(15-11)8-4-2-1-3-5-8/h1-5,9H,6-7H2,(H,12,13)/t9-,11-/m0/s1. The van der Waals surface area contributed by atoms with Crippen LogP contribution in [0.1, 0.15) is 11.7 Å². The third kappa shape index (κ3) is 1.26. The van der Waals surface area contributed by atoms with Crippen LogP contribution in [0.2, 0.25) is 0 Å². The summed E-state index contributed by atoms with van der Waals surface area (Å²) in [5.41, 5.74) is 0.981. The minimum Gasteiger partial charge on any atom is -0.349 e. The summed E-state index contributed by atoms with van der Waals surface area (Å²) in [5, 5.41) is 2.75. The Morgan fingerprint density at radius 3 is 2.87 bits per heavy atom. The van der Waals surface area contributed by atoms with Crippen LogP contribution < -0.4 is 5.32 Å².